The largest absolute Gasteiger partial charge is 0.497 e. The zero-order chi connectivity index (χ0) is 22.7. The van der Waals surface area contributed by atoms with E-state index in [1.165, 1.54) is 0 Å². The van der Waals surface area contributed by atoms with E-state index >= 15 is 0 Å². The lowest BCUT2D eigenvalue weighted by Gasteiger charge is -2.03. The van der Waals surface area contributed by atoms with Crippen LogP contribution < -0.4 is 24.6 Å². The van der Waals surface area contributed by atoms with Crippen LogP contribution >= 0.6 is 0 Å². The number of methoxy groups -OCH3 is 1. The van der Waals surface area contributed by atoms with Crippen LogP contribution in [0, 0.1) is 6.92 Å². The Morgan fingerprint density at radius 1 is 0.636 bits per heavy atom. The van der Waals surface area contributed by atoms with E-state index in [2.05, 4.69) is 0 Å². The molecule has 2 aliphatic heterocycles. The van der Waals surface area contributed by atoms with Gasteiger partial charge in [0.25, 0.3) is 0 Å². The molecule has 0 saturated carbocycles. The molecular weight excluding hydrogens is 416 g/mol. The first-order chi connectivity index (χ1) is 16.0. The van der Waals surface area contributed by atoms with Gasteiger partial charge >= 0.3 is 11.9 Å². The molecular formula is C28H18O5. The maximum Gasteiger partial charge on any atom is 0.344 e. The molecule has 2 heterocycles. The average molecular weight is 434 g/mol. The van der Waals surface area contributed by atoms with Gasteiger partial charge in [-0.1, -0.05) is 42.0 Å². The number of hydrogen-bond donors (Lipinski definition) is 0. The van der Waals surface area contributed by atoms with Gasteiger partial charge in [0, 0.05) is 10.4 Å². The summed E-state index contributed by atoms with van der Waals surface area (Å²) < 4.78 is 16.4. The van der Waals surface area contributed by atoms with E-state index < -0.39 is 5.97 Å². The topological polar surface area (TPSA) is 61.8 Å². The van der Waals surface area contributed by atoms with Gasteiger partial charge in [0.05, 0.1) is 18.3 Å². The highest BCUT2D eigenvalue weighted by Gasteiger charge is 2.27. The van der Waals surface area contributed by atoms with E-state index in [-0.39, 0.29) is 5.97 Å². The van der Waals surface area contributed by atoms with Crippen LogP contribution in [0.3, 0.4) is 0 Å². The van der Waals surface area contributed by atoms with Crippen LogP contribution in [0.4, 0.5) is 0 Å². The molecule has 4 aromatic carbocycles. The molecule has 5 heteroatoms. The van der Waals surface area contributed by atoms with E-state index in [4.69, 9.17) is 14.2 Å². The lowest BCUT2D eigenvalue weighted by molar-refractivity contribution is -0.128. The lowest BCUT2D eigenvalue weighted by Crippen LogP contribution is -2.08. The molecule has 4 aromatic rings. The van der Waals surface area contributed by atoms with Crippen molar-refractivity contribution in [2.75, 3.05) is 7.11 Å². The molecule has 0 unspecified atom stereocenters. The number of benzene rings is 4. The Morgan fingerprint density at radius 3 is 1.55 bits per heavy atom. The van der Waals surface area contributed by atoms with E-state index in [1.807, 2.05) is 79.7 Å². The van der Waals surface area contributed by atoms with Crippen LogP contribution in [-0.4, -0.2) is 19.0 Å². The molecule has 0 bridgehead atoms. The van der Waals surface area contributed by atoms with Crippen molar-refractivity contribution in [3.05, 3.63) is 99.9 Å². The summed E-state index contributed by atoms with van der Waals surface area (Å²) >= 11 is 0. The maximum absolute atomic E-state index is 12.7. The zero-order valence-electron chi connectivity index (χ0n) is 18.0. The Bertz CT molecular complexity index is 1610. The zero-order valence-corrected chi connectivity index (χ0v) is 18.0. The van der Waals surface area contributed by atoms with Crippen LogP contribution in [0.15, 0.2) is 72.8 Å². The minimum absolute atomic E-state index is 0.367. The first kappa shape index (κ1) is 19.3. The molecule has 0 fully saturated rings. The van der Waals surface area contributed by atoms with Gasteiger partial charge in [-0.25, -0.2) is 9.59 Å². The third kappa shape index (κ3) is 3.01. The van der Waals surface area contributed by atoms with Crippen molar-refractivity contribution in [1.82, 2.24) is 0 Å². The van der Waals surface area contributed by atoms with Crippen molar-refractivity contribution in [3.63, 3.8) is 0 Å². The Kier molecular flexibility index (Phi) is 4.14. The predicted molar refractivity (Wildman–Crippen MR) is 124 cm³/mol. The quantitative estimate of drug-likeness (QED) is 0.365. The standard InChI is InChI=1S/C28H18O5/c1-15-3-5-16(6-4-15)25-21-11-18-14-24-22(12-19(18)13-23(21)32-27(25)29)26(28(30)33-24)17-7-9-20(31-2)10-8-17/h3-14H,1-2H3. The Hall–Kier alpha value is -4.38. The number of rotatable bonds is 3. The van der Waals surface area contributed by atoms with E-state index in [1.54, 1.807) is 7.11 Å². The molecule has 6 rings (SSSR count). The fraction of sp³-hybridized carbons (Fsp3) is 0.0714. The smallest absolute Gasteiger partial charge is 0.344 e. The van der Waals surface area contributed by atoms with Crippen LogP contribution in [-0.2, 0) is 9.59 Å². The average Bonchev–Trinajstić information content (AvgIpc) is 3.30. The summed E-state index contributed by atoms with van der Waals surface area (Å²) in [6.07, 6.45) is 0. The van der Waals surface area contributed by atoms with Gasteiger partial charge in [-0.05, 0) is 65.2 Å². The molecule has 5 nitrogen and oxygen atoms in total. The Morgan fingerprint density at radius 2 is 1.09 bits per heavy atom. The van der Waals surface area contributed by atoms with E-state index in [9.17, 15) is 9.59 Å². The van der Waals surface area contributed by atoms with E-state index in [0.717, 1.165) is 32.7 Å². The van der Waals surface area contributed by atoms with Crippen LogP contribution in [0.25, 0.3) is 21.9 Å². The number of ether oxygens (including phenoxy) is 3. The first-order valence-corrected chi connectivity index (χ1v) is 10.5. The fourth-order valence-electron chi connectivity index (χ4n) is 4.41. The minimum atomic E-state index is -0.392. The van der Waals surface area contributed by atoms with Crippen molar-refractivity contribution in [1.29, 1.82) is 0 Å². The Balaban J connectivity index is 1.57. The molecule has 0 aromatic heterocycles. The minimum Gasteiger partial charge on any atom is -0.497 e. The van der Waals surface area contributed by atoms with Crippen molar-refractivity contribution >= 4 is 33.9 Å². The first-order valence-electron chi connectivity index (χ1n) is 10.5. The Labute approximate surface area is 189 Å². The van der Waals surface area contributed by atoms with Gasteiger partial charge in [0.1, 0.15) is 17.2 Å². The number of carbonyl (C=O) groups is 2. The van der Waals surface area contributed by atoms with Gasteiger partial charge in [0.2, 0.25) is 0 Å². The normalized spacial score (nSPS) is 14.2. The highest BCUT2D eigenvalue weighted by Crippen LogP contribution is 2.30. The molecule has 33 heavy (non-hydrogen) atoms. The summed E-state index contributed by atoms with van der Waals surface area (Å²) in [6.45, 7) is 2.00. The third-order valence-corrected chi connectivity index (χ3v) is 6.11. The monoisotopic (exact) mass is 434 g/mol. The summed E-state index contributed by atoms with van der Waals surface area (Å²) in [5.74, 6) is 0.965. The molecule has 0 saturated heterocycles. The number of hydrogen-bond acceptors (Lipinski definition) is 5. The third-order valence-electron chi connectivity index (χ3n) is 6.11. The summed E-state index contributed by atoms with van der Waals surface area (Å²) in [4.78, 5) is 25.4. The van der Waals surface area contributed by atoms with Crippen LogP contribution in [0.1, 0.15) is 16.7 Å². The number of carbonyl (C=O) groups excluding carboxylic acids is 2. The van der Waals surface area contributed by atoms with Gasteiger partial charge < -0.3 is 14.2 Å². The molecule has 0 N–H and O–H groups in total. The highest BCUT2D eigenvalue weighted by molar-refractivity contribution is 6.21. The number of esters is 2. The van der Waals surface area contributed by atoms with Crippen molar-refractivity contribution in [3.8, 4) is 17.2 Å². The summed E-state index contributed by atoms with van der Waals surface area (Å²) in [6, 6.07) is 22.6. The summed E-state index contributed by atoms with van der Waals surface area (Å²) in [7, 11) is 1.60. The SMILES string of the molecule is COc1ccc(C2=c3cc4cc5c(cc4cc3OC2=O)=C(c2ccc(C)cc2)C(=O)O5)cc1. The lowest BCUT2D eigenvalue weighted by atomic mass is 9.99. The second-order valence-corrected chi connectivity index (χ2v) is 8.17. The molecule has 0 aliphatic carbocycles. The van der Waals surface area contributed by atoms with Crippen LogP contribution in [0.5, 0.6) is 17.2 Å². The molecule has 160 valence electrons. The molecule has 0 amide bonds. The number of fused-ring (bicyclic) bond motifs is 3. The van der Waals surface area contributed by atoms with Gasteiger partial charge in [-0.15, -0.1) is 0 Å². The summed E-state index contributed by atoms with van der Waals surface area (Å²) in [5.41, 5.74) is 3.72. The van der Waals surface area contributed by atoms with Gasteiger partial charge in [-0.2, -0.15) is 0 Å². The molecule has 0 spiro atoms. The highest BCUT2D eigenvalue weighted by atomic mass is 16.5. The van der Waals surface area contributed by atoms with Gasteiger partial charge in [-0.3, -0.25) is 0 Å². The van der Waals surface area contributed by atoms with Crippen LogP contribution in [0.2, 0.25) is 0 Å². The maximum atomic E-state index is 12.7. The number of aryl methyl sites for hydroxylation is 1. The molecule has 0 atom stereocenters. The van der Waals surface area contributed by atoms with Gasteiger partial charge in [0.15, 0.2) is 0 Å². The fourth-order valence-corrected chi connectivity index (χ4v) is 4.41. The second kappa shape index (κ2) is 7.07. The van der Waals surface area contributed by atoms with Crippen molar-refractivity contribution in [2.24, 2.45) is 0 Å². The molecule has 2 aliphatic rings. The predicted octanol–water partition coefficient (Wildman–Crippen LogP) is 3.39. The van der Waals surface area contributed by atoms with Crippen molar-refractivity contribution in [2.45, 2.75) is 6.92 Å². The second-order valence-electron chi connectivity index (χ2n) is 8.17. The van der Waals surface area contributed by atoms with Crippen molar-refractivity contribution < 1.29 is 23.8 Å². The molecule has 0 radical (unpaired) electrons. The summed E-state index contributed by atoms with van der Waals surface area (Å²) in [5, 5.41) is 3.17. The van der Waals surface area contributed by atoms with E-state index in [0.29, 0.717) is 33.6 Å².